The minimum atomic E-state index is 0.650. The monoisotopic (exact) mass is 258 g/mol. The molecule has 2 nitrogen and oxygen atoms in total. The summed E-state index contributed by atoms with van der Waals surface area (Å²) in [6.45, 7) is 2.10. The zero-order valence-corrected chi connectivity index (χ0v) is 11.5. The van der Waals surface area contributed by atoms with Gasteiger partial charge in [-0.1, -0.05) is 42.7 Å². The van der Waals surface area contributed by atoms with Gasteiger partial charge in [0.05, 0.1) is 5.01 Å². The summed E-state index contributed by atoms with van der Waals surface area (Å²) in [7, 11) is 0. The third-order valence-electron chi connectivity index (χ3n) is 3.70. The lowest BCUT2D eigenvalue weighted by Gasteiger charge is -2.02. The highest BCUT2D eigenvalue weighted by Gasteiger charge is 2.22. The van der Waals surface area contributed by atoms with Crippen molar-refractivity contribution < 1.29 is 0 Å². The third-order valence-corrected chi connectivity index (χ3v) is 4.75. The van der Waals surface area contributed by atoms with E-state index < -0.39 is 0 Å². The number of anilines is 1. The Hall–Kier alpha value is -1.35. The molecule has 0 unspecified atom stereocenters. The molecule has 2 aromatic rings. The Bertz CT molecular complexity index is 536. The van der Waals surface area contributed by atoms with Gasteiger partial charge >= 0.3 is 0 Å². The fraction of sp³-hybridized carbons (Fsp3) is 0.400. The molecule has 0 spiro atoms. The molecular formula is C15H18N2S. The van der Waals surface area contributed by atoms with Gasteiger partial charge < -0.3 is 5.73 Å². The van der Waals surface area contributed by atoms with Crippen molar-refractivity contribution in [2.75, 3.05) is 5.73 Å². The first kappa shape index (κ1) is 11.7. The molecule has 3 rings (SSSR count). The van der Waals surface area contributed by atoms with E-state index in [1.54, 1.807) is 11.3 Å². The van der Waals surface area contributed by atoms with E-state index in [0.717, 1.165) is 16.3 Å². The van der Waals surface area contributed by atoms with Crippen LogP contribution < -0.4 is 5.73 Å². The van der Waals surface area contributed by atoms with Crippen molar-refractivity contribution in [3.8, 4) is 11.3 Å². The number of aryl methyl sites for hydroxylation is 1. The molecule has 1 fully saturated rings. The van der Waals surface area contributed by atoms with Crippen LogP contribution in [0.3, 0.4) is 0 Å². The maximum Gasteiger partial charge on any atom is 0.114 e. The van der Waals surface area contributed by atoms with Crippen LogP contribution >= 0.6 is 11.3 Å². The summed E-state index contributed by atoms with van der Waals surface area (Å²) in [6.07, 6.45) is 5.23. The predicted molar refractivity (Wildman–Crippen MR) is 77.9 cm³/mol. The second-order valence-corrected chi connectivity index (χ2v) is 6.17. The Balaban J connectivity index is 1.94. The lowest BCUT2D eigenvalue weighted by atomic mass is 10.1. The first-order chi connectivity index (χ1) is 8.74. The molecule has 0 saturated heterocycles. The zero-order chi connectivity index (χ0) is 12.5. The highest BCUT2D eigenvalue weighted by atomic mass is 32.1. The fourth-order valence-electron chi connectivity index (χ4n) is 2.61. The number of benzene rings is 1. The van der Waals surface area contributed by atoms with Crippen molar-refractivity contribution in [1.29, 1.82) is 0 Å². The van der Waals surface area contributed by atoms with Crippen molar-refractivity contribution in [3.05, 3.63) is 34.8 Å². The van der Waals surface area contributed by atoms with Gasteiger partial charge in [0.2, 0.25) is 0 Å². The molecule has 0 amide bonds. The van der Waals surface area contributed by atoms with E-state index >= 15 is 0 Å². The molecule has 0 bridgehead atoms. The molecule has 18 heavy (non-hydrogen) atoms. The van der Waals surface area contributed by atoms with Crippen LogP contribution in [0.25, 0.3) is 11.3 Å². The van der Waals surface area contributed by atoms with E-state index in [0.29, 0.717) is 5.92 Å². The molecule has 1 aromatic carbocycles. The first-order valence-electron chi connectivity index (χ1n) is 6.57. The van der Waals surface area contributed by atoms with Crippen LogP contribution in [0.4, 0.5) is 5.00 Å². The number of nitrogens with zero attached hydrogens (tertiary/aromatic N) is 1. The Morgan fingerprint density at radius 2 is 1.83 bits per heavy atom. The van der Waals surface area contributed by atoms with Gasteiger partial charge in [-0.3, -0.25) is 0 Å². The number of rotatable bonds is 2. The summed E-state index contributed by atoms with van der Waals surface area (Å²) in [6, 6.07) is 8.45. The maximum atomic E-state index is 6.14. The van der Waals surface area contributed by atoms with E-state index in [1.165, 1.54) is 36.3 Å². The molecule has 1 heterocycles. The topological polar surface area (TPSA) is 38.9 Å². The molecule has 1 aliphatic carbocycles. The van der Waals surface area contributed by atoms with Crippen LogP contribution in [-0.2, 0) is 0 Å². The summed E-state index contributed by atoms with van der Waals surface area (Å²) < 4.78 is 0. The van der Waals surface area contributed by atoms with Crippen molar-refractivity contribution in [3.63, 3.8) is 0 Å². The van der Waals surface area contributed by atoms with Crippen LogP contribution in [0.15, 0.2) is 24.3 Å². The van der Waals surface area contributed by atoms with Crippen molar-refractivity contribution >= 4 is 16.3 Å². The highest BCUT2D eigenvalue weighted by Crippen LogP contribution is 2.40. The second-order valence-electron chi connectivity index (χ2n) is 5.11. The van der Waals surface area contributed by atoms with E-state index in [4.69, 9.17) is 10.7 Å². The second kappa shape index (κ2) is 4.73. The standard InChI is InChI=1S/C15H18N2S/c1-10-6-8-11(9-7-10)13-14(16)18-15(17-13)12-4-2-3-5-12/h6-9,12H,2-5,16H2,1H3. The van der Waals surface area contributed by atoms with Gasteiger partial charge in [-0.15, -0.1) is 11.3 Å². The quantitative estimate of drug-likeness (QED) is 0.869. The molecule has 1 aromatic heterocycles. The SMILES string of the molecule is Cc1ccc(-c2nc(C3CCCC3)sc2N)cc1. The molecule has 3 heteroatoms. The number of hydrogen-bond donors (Lipinski definition) is 1. The molecule has 0 aliphatic heterocycles. The van der Waals surface area contributed by atoms with Gasteiger partial charge in [-0.2, -0.15) is 0 Å². The summed E-state index contributed by atoms with van der Waals surface area (Å²) in [5.74, 6) is 0.650. The number of aromatic nitrogens is 1. The number of thiazole rings is 1. The molecule has 0 atom stereocenters. The van der Waals surface area contributed by atoms with Crippen LogP contribution in [0.1, 0.15) is 42.2 Å². The minimum Gasteiger partial charge on any atom is -0.389 e. The van der Waals surface area contributed by atoms with Gasteiger partial charge in [0.1, 0.15) is 10.7 Å². The molecule has 94 valence electrons. The minimum absolute atomic E-state index is 0.650. The average Bonchev–Trinajstić information content (AvgIpc) is 2.99. The van der Waals surface area contributed by atoms with Crippen LogP contribution in [0, 0.1) is 6.92 Å². The lowest BCUT2D eigenvalue weighted by molar-refractivity contribution is 0.717. The number of nitrogens with two attached hydrogens (primary N) is 1. The largest absolute Gasteiger partial charge is 0.389 e. The Morgan fingerprint density at radius 3 is 2.50 bits per heavy atom. The smallest absolute Gasteiger partial charge is 0.114 e. The van der Waals surface area contributed by atoms with Gasteiger partial charge in [0, 0.05) is 11.5 Å². The average molecular weight is 258 g/mol. The zero-order valence-electron chi connectivity index (χ0n) is 10.6. The van der Waals surface area contributed by atoms with E-state index in [9.17, 15) is 0 Å². The molecular weight excluding hydrogens is 240 g/mol. The van der Waals surface area contributed by atoms with E-state index in [1.807, 2.05) is 0 Å². The number of hydrogen-bond acceptors (Lipinski definition) is 3. The van der Waals surface area contributed by atoms with Crippen molar-refractivity contribution in [2.24, 2.45) is 0 Å². The normalized spacial score (nSPS) is 16.3. The number of nitrogen functional groups attached to an aromatic ring is 1. The molecule has 1 aliphatic rings. The third kappa shape index (κ3) is 2.15. The van der Waals surface area contributed by atoms with Gasteiger partial charge in [-0.25, -0.2) is 4.98 Å². The Morgan fingerprint density at radius 1 is 1.17 bits per heavy atom. The first-order valence-corrected chi connectivity index (χ1v) is 7.39. The summed E-state index contributed by atoms with van der Waals surface area (Å²) in [5, 5.41) is 2.10. The predicted octanol–water partition coefficient (Wildman–Crippen LogP) is 4.36. The summed E-state index contributed by atoms with van der Waals surface area (Å²) in [5.41, 5.74) is 9.51. The van der Waals surface area contributed by atoms with Crippen LogP contribution in [-0.4, -0.2) is 4.98 Å². The maximum absolute atomic E-state index is 6.14. The van der Waals surface area contributed by atoms with Crippen LogP contribution in [0.5, 0.6) is 0 Å². The molecule has 0 radical (unpaired) electrons. The Labute approximate surface area is 112 Å². The van der Waals surface area contributed by atoms with E-state index in [-0.39, 0.29) is 0 Å². The van der Waals surface area contributed by atoms with Crippen LogP contribution in [0.2, 0.25) is 0 Å². The van der Waals surface area contributed by atoms with Crippen molar-refractivity contribution in [1.82, 2.24) is 4.98 Å². The van der Waals surface area contributed by atoms with Gasteiger partial charge in [-0.05, 0) is 19.8 Å². The fourth-order valence-corrected chi connectivity index (χ4v) is 3.64. The highest BCUT2D eigenvalue weighted by molar-refractivity contribution is 7.16. The van der Waals surface area contributed by atoms with Gasteiger partial charge in [0.25, 0.3) is 0 Å². The molecule has 2 N–H and O–H groups in total. The van der Waals surface area contributed by atoms with E-state index in [2.05, 4.69) is 31.2 Å². The molecule has 1 saturated carbocycles. The van der Waals surface area contributed by atoms with Gasteiger partial charge in [0.15, 0.2) is 0 Å². The lowest BCUT2D eigenvalue weighted by Crippen LogP contribution is -1.91. The summed E-state index contributed by atoms with van der Waals surface area (Å²) in [4.78, 5) is 4.79. The Kier molecular flexibility index (Phi) is 3.08. The summed E-state index contributed by atoms with van der Waals surface area (Å²) >= 11 is 1.68. The van der Waals surface area contributed by atoms with Crippen molar-refractivity contribution in [2.45, 2.75) is 38.5 Å².